The van der Waals surface area contributed by atoms with E-state index in [1.807, 2.05) is 13.0 Å². The molecule has 0 aromatic carbocycles. The van der Waals surface area contributed by atoms with E-state index in [1.54, 1.807) is 18.3 Å². The summed E-state index contributed by atoms with van der Waals surface area (Å²) in [5.74, 6) is -0.174. The van der Waals surface area contributed by atoms with Crippen LogP contribution in [0.1, 0.15) is 16.1 Å². The van der Waals surface area contributed by atoms with Gasteiger partial charge in [-0.05, 0) is 18.6 Å². The van der Waals surface area contributed by atoms with Gasteiger partial charge in [-0.15, -0.1) is 6.58 Å². The van der Waals surface area contributed by atoms with E-state index >= 15 is 0 Å². The molecule has 1 amide bonds. The van der Waals surface area contributed by atoms with Gasteiger partial charge in [0.2, 0.25) is 0 Å². The van der Waals surface area contributed by atoms with E-state index < -0.39 is 0 Å². The van der Waals surface area contributed by atoms with Crippen LogP contribution >= 0.6 is 0 Å². The molecule has 1 aromatic heterocycles. The van der Waals surface area contributed by atoms with Crippen molar-refractivity contribution >= 4 is 5.91 Å². The van der Waals surface area contributed by atoms with Gasteiger partial charge in [-0.2, -0.15) is 0 Å². The lowest BCUT2D eigenvalue weighted by Crippen LogP contribution is -2.34. The molecular weight excluding hydrogens is 204 g/mol. The monoisotopic (exact) mass is 220 g/mol. The molecule has 4 heteroatoms. The molecule has 0 unspecified atom stereocenters. The molecule has 0 radical (unpaired) electrons. The molecule has 0 atom stereocenters. The fourth-order valence-corrected chi connectivity index (χ4v) is 1.41. The summed E-state index contributed by atoms with van der Waals surface area (Å²) in [6, 6.07) is 3.63. The van der Waals surface area contributed by atoms with E-state index in [4.69, 9.17) is 5.11 Å². The van der Waals surface area contributed by atoms with E-state index in [0.29, 0.717) is 18.8 Å². The van der Waals surface area contributed by atoms with Crippen LogP contribution in [0.25, 0.3) is 0 Å². The largest absolute Gasteiger partial charge is 0.395 e. The van der Waals surface area contributed by atoms with Gasteiger partial charge in [0, 0.05) is 19.3 Å². The van der Waals surface area contributed by atoms with Gasteiger partial charge in [-0.25, -0.2) is 0 Å². The molecule has 1 rings (SSSR count). The maximum absolute atomic E-state index is 12.1. The highest BCUT2D eigenvalue weighted by molar-refractivity contribution is 5.93. The predicted molar refractivity (Wildman–Crippen MR) is 62.2 cm³/mol. The molecule has 0 saturated heterocycles. The average molecular weight is 220 g/mol. The topological polar surface area (TPSA) is 53.4 Å². The van der Waals surface area contributed by atoms with Crippen LogP contribution in [0, 0.1) is 6.92 Å². The molecular formula is C12H16N2O2. The van der Waals surface area contributed by atoms with Crippen molar-refractivity contribution < 1.29 is 9.90 Å². The number of aliphatic hydroxyl groups excluding tert-OH is 1. The number of hydrogen-bond donors (Lipinski definition) is 1. The fraction of sp³-hybridized carbons (Fsp3) is 0.333. The third-order valence-electron chi connectivity index (χ3n) is 2.22. The van der Waals surface area contributed by atoms with E-state index in [-0.39, 0.29) is 12.5 Å². The second-order valence-electron chi connectivity index (χ2n) is 3.43. The summed E-state index contributed by atoms with van der Waals surface area (Å²) in [4.78, 5) is 17.6. The van der Waals surface area contributed by atoms with Gasteiger partial charge in [0.05, 0.1) is 6.61 Å². The Hall–Kier alpha value is -1.68. The zero-order chi connectivity index (χ0) is 12.0. The number of hydrogen-bond acceptors (Lipinski definition) is 3. The summed E-state index contributed by atoms with van der Waals surface area (Å²) >= 11 is 0. The van der Waals surface area contributed by atoms with Crippen LogP contribution in [0.3, 0.4) is 0 Å². The minimum absolute atomic E-state index is 0.0640. The van der Waals surface area contributed by atoms with Crippen molar-refractivity contribution in [2.75, 3.05) is 19.7 Å². The van der Waals surface area contributed by atoms with Crippen molar-refractivity contribution in [1.29, 1.82) is 0 Å². The minimum Gasteiger partial charge on any atom is -0.395 e. The van der Waals surface area contributed by atoms with Crippen LogP contribution in [0.15, 0.2) is 31.0 Å². The highest BCUT2D eigenvalue weighted by Gasteiger charge is 2.16. The van der Waals surface area contributed by atoms with Gasteiger partial charge in [0.25, 0.3) is 5.91 Å². The Balaban J connectivity index is 2.89. The number of carbonyl (C=O) groups is 1. The Labute approximate surface area is 95.2 Å². The number of carbonyl (C=O) groups excluding carboxylic acids is 1. The van der Waals surface area contributed by atoms with E-state index in [9.17, 15) is 4.79 Å². The Morgan fingerprint density at radius 1 is 1.69 bits per heavy atom. The van der Waals surface area contributed by atoms with Crippen LogP contribution in [0.2, 0.25) is 0 Å². The second kappa shape index (κ2) is 6.02. The first-order valence-electron chi connectivity index (χ1n) is 5.13. The molecule has 4 nitrogen and oxygen atoms in total. The van der Waals surface area contributed by atoms with Crippen LogP contribution in [0.5, 0.6) is 0 Å². The number of amides is 1. The standard InChI is InChI=1S/C12H16N2O2/c1-3-7-14(8-9-15)12(16)11-10(2)5-4-6-13-11/h3-6,15H,1,7-9H2,2H3. The summed E-state index contributed by atoms with van der Waals surface area (Å²) in [5, 5.41) is 8.88. The average Bonchev–Trinajstić information content (AvgIpc) is 2.28. The normalized spacial score (nSPS) is 9.88. The third-order valence-corrected chi connectivity index (χ3v) is 2.22. The SMILES string of the molecule is C=CCN(CCO)C(=O)c1ncccc1C. The smallest absolute Gasteiger partial charge is 0.273 e. The van der Waals surface area contributed by atoms with Gasteiger partial charge >= 0.3 is 0 Å². The highest BCUT2D eigenvalue weighted by Crippen LogP contribution is 2.07. The van der Waals surface area contributed by atoms with Gasteiger partial charge in [0.15, 0.2) is 0 Å². The van der Waals surface area contributed by atoms with Crippen molar-refractivity contribution in [2.24, 2.45) is 0 Å². The molecule has 1 N–H and O–H groups in total. The lowest BCUT2D eigenvalue weighted by molar-refractivity contribution is 0.0736. The number of rotatable bonds is 5. The first-order valence-corrected chi connectivity index (χ1v) is 5.13. The Morgan fingerprint density at radius 3 is 3.00 bits per heavy atom. The van der Waals surface area contributed by atoms with Crippen LogP contribution in [0.4, 0.5) is 0 Å². The van der Waals surface area contributed by atoms with E-state index in [2.05, 4.69) is 11.6 Å². The molecule has 1 heterocycles. The number of nitrogens with zero attached hydrogens (tertiary/aromatic N) is 2. The van der Waals surface area contributed by atoms with E-state index in [1.165, 1.54) is 4.90 Å². The number of aromatic nitrogens is 1. The maximum Gasteiger partial charge on any atom is 0.273 e. The number of aliphatic hydroxyl groups is 1. The lowest BCUT2D eigenvalue weighted by atomic mass is 10.2. The lowest BCUT2D eigenvalue weighted by Gasteiger charge is -2.20. The molecule has 16 heavy (non-hydrogen) atoms. The molecule has 0 aliphatic rings. The van der Waals surface area contributed by atoms with Gasteiger partial charge < -0.3 is 10.0 Å². The first kappa shape index (κ1) is 12.4. The molecule has 0 bridgehead atoms. The quantitative estimate of drug-likeness (QED) is 0.753. The molecule has 0 aliphatic carbocycles. The summed E-state index contributed by atoms with van der Waals surface area (Å²) in [6.45, 7) is 6.06. The summed E-state index contributed by atoms with van der Waals surface area (Å²) in [6.07, 6.45) is 3.22. The minimum atomic E-state index is -0.174. The highest BCUT2D eigenvalue weighted by atomic mass is 16.3. The van der Waals surface area contributed by atoms with Crippen molar-refractivity contribution in [2.45, 2.75) is 6.92 Å². The summed E-state index contributed by atoms with van der Waals surface area (Å²) in [7, 11) is 0. The number of pyridine rings is 1. The zero-order valence-electron chi connectivity index (χ0n) is 9.39. The molecule has 0 fully saturated rings. The summed E-state index contributed by atoms with van der Waals surface area (Å²) in [5.41, 5.74) is 1.26. The Morgan fingerprint density at radius 2 is 2.44 bits per heavy atom. The summed E-state index contributed by atoms with van der Waals surface area (Å²) < 4.78 is 0. The third kappa shape index (κ3) is 2.90. The number of aryl methyl sites for hydroxylation is 1. The van der Waals surface area contributed by atoms with Crippen LogP contribution in [-0.4, -0.2) is 40.6 Å². The Kier molecular flexibility index (Phi) is 4.66. The van der Waals surface area contributed by atoms with Gasteiger partial charge in [0.1, 0.15) is 5.69 Å². The van der Waals surface area contributed by atoms with Gasteiger partial charge in [-0.3, -0.25) is 9.78 Å². The van der Waals surface area contributed by atoms with E-state index in [0.717, 1.165) is 5.56 Å². The molecule has 1 aromatic rings. The van der Waals surface area contributed by atoms with Crippen LogP contribution < -0.4 is 0 Å². The van der Waals surface area contributed by atoms with Gasteiger partial charge in [-0.1, -0.05) is 12.1 Å². The zero-order valence-corrected chi connectivity index (χ0v) is 9.39. The predicted octanol–water partition coefficient (Wildman–Crippen LogP) is 1.01. The maximum atomic E-state index is 12.1. The van der Waals surface area contributed by atoms with Crippen molar-refractivity contribution in [3.8, 4) is 0 Å². The molecule has 0 aliphatic heterocycles. The fourth-order valence-electron chi connectivity index (χ4n) is 1.41. The van der Waals surface area contributed by atoms with Crippen molar-refractivity contribution in [3.63, 3.8) is 0 Å². The van der Waals surface area contributed by atoms with Crippen molar-refractivity contribution in [3.05, 3.63) is 42.2 Å². The van der Waals surface area contributed by atoms with Crippen LogP contribution in [-0.2, 0) is 0 Å². The van der Waals surface area contributed by atoms with Crippen molar-refractivity contribution in [1.82, 2.24) is 9.88 Å². The first-order chi connectivity index (χ1) is 7.70. The Bertz CT molecular complexity index is 377. The molecule has 0 spiro atoms. The molecule has 86 valence electrons. The molecule has 0 saturated carbocycles. The second-order valence-corrected chi connectivity index (χ2v) is 3.43.